The highest BCUT2D eigenvalue weighted by molar-refractivity contribution is 5.30. The SMILES string of the molecule is CCCCCC(C)(C)CNc1nc(C)cc(OC)n1. The van der Waals surface area contributed by atoms with E-state index in [0.717, 1.165) is 12.2 Å². The Bertz CT molecular complexity index is 391. The molecular formula is C15H27N3O. The summed E-state index contributed by atoms with van der Waals surface area (Å²) in [7, 11) is 1.63. The van der Waals surface area contributed by atoms with Crippen LogP contribution >= 0.6 is 0 Å². The molecule has 0 unspecified atom stereocenters. The van der Waals surface area contributed by atoms with Gasteiger partial charge in [0, 0.05) is 18.3 Å². The molecule has 0 aromatic carbocycles. The van der Waals surface area contributed by atoms with Crippen LogP contribution in [0.2, 0.25) is 0 Å². The maximum absolute atomic E-state index is 5.16. The molecule has 0 atom stereocenters. The van der Waals surface area contributed by atoms with Gasteiger partial charge in [0.1, 0.15) is 0 Å². The molecule has 0 saturated carbocycles. The molecular weight excluding hydrogens is 238 g/mol. The first-order valence-corrected chi connectivity index (χ1v) is 7.10. The minimum atomic E-state index is 0.259. The van der Waals surface area contributed by atoms with Crippen LogP contribution in [-0.4, -0.2) is 23.6 Å². The van der Waals surface area contributed by atoms with E-state index in [4.69, 9.17) is 4.74 Å². The summed E-state index contributed by atoms with van der Waals surface area (Å²) >= 11 is 0. The molecule has 0 saturated heterocycles. The minimum absolute atomic E-state index is 0.259. The van der Waals surface area contributed by atoms with Gasteiger partial charge in [-0.25, -0.2) is 4.98 Å². The Balaban J connectivity index is 2.53. The standard InChI is InChI=1S/C15H27N3O/c1-6-7-8-9-15(3,4)11-16-14-17-12(2)10-13(18-14)19-5/h10H,6-9,11H2,1-5H3,(H,16,17,18). The summed E-state index contributed by atoms with van der Waals surface area (Å²) in [5.41, 5.74) is 1.17. The van der Waals surface area contributed by atoms with E-state index in [1.807, 2.05) is 13.0 Å². The zero-order chi connectivity index (χ0) is 14.3. The monoisotopic (exact) mass is 265 g/mol. The van der Waals surface area contributed by atoms with E-state index in [-0.39, 0.29) is 5.41 Å². The molecule has 0 aliphatic carbocycles. The van der Waals surface area contributed by atoms with E-state index in [1.165, 1.54) is 25.7 Å². The predicted octanol–water partition coefficient (Wildman–Crippen LogP) is 3.81. The number of aryl methyl sites for hydroxylation is 1. The lowest BCUT2D eigenvalue weighted by atomic mass is 9.87. The fraction of sp³-hybridized carbons (Fsp3) is 0.733. The van der Waals surface area contributed by atoms with Crippen molar-refractivity contribution in [2.75, 3.05) is 19.0 Å². The maximum Gasteiger partial charge on any atom is 0.226 e. The van der Waals surface area contributed by atoms with E-state index >= 15 is 0 Å². The lowest BCUT2D eigenvalue weighted by Gasteiger charge is -2.25. The van der Waals surface area contributed by atoms with Gasteiger partial charge >= 0.3 is 0 Å². The quantitative estimate of drug-likeness (QED) is 0.726. The number of aromatic nitrogens is 2. The van der Waals surface area contributed by atoms with E-state index in [2.05, 4.69) is 36.1 Å². The van der Waals surface area contributed by atoms with Crippen molar-refractivity contribution >= 4 is 5.95 Å². The fourth-order valence-corrected chi connectivity index (χ4v) is 1.98. The number of unbranched alkanes of at least 4 members (excludes halogenated alkanes) is 2. The third-order valence-electron chi connectivity index (χ3n) is 3.22. The summed E-state index contributed by atoms with van der Waals surface area (Å²) in [6.07, 6.45) is 5.07. The number of ether oxygens (including phenoxy) is 1. The van der Waals surface area contributed by atoms with Gasteiger partial charge in [-0.2, -0.15) is 4.98 Å². The summed E-state index contributed by atoms with van der Waals surface area (Å²) in [4.78, 5) is 8.69. The Morgan fingerprint density at radius 3 is 2.63 bits per heavy atom. The van der Waals surface area contributed by atoms with Crippen LogP contribution < -0.4 is 10.1 Å². The number of anilines is 1. The number of methoxy groups -OCH3 is 1. The van der Waals surface area contributed by atoms with Gasteiger partial charge < -0.3 is 10.1 Å². The van der Waals surface area contributed by atoms with Gasteiger partial charge in [0.15, 0.2) is 0 Å². The van der Waals surface area contributed by atoms with E-state index in [9.17, 15) is 0 Å². The Morgan fingerprint density at radius 2 is 2.00 bits per heavy atom. The predicted molar refractivity (Wildman–Crippen MR) is 79.7 cm³/mol. The van der Waals surface area contributed by atoms with Gasteiger partial charge in [0.2, 0.25) is 11.8 Å². The summed E-state index contributed by atoms with van der Waals surface area (Å²) < 4.78 is 5.16. The third-order valence-corrected chi connectivity index (χ3v) is 3.22. The summed E-state index contributed by atoms with van der Waals surface area (Å²) in [6.45, 7) is 9.62. The zero-order valence-electron chi connectivity index (χ0n) is 12.9. The second kappa shape index (κ2) is 7.31. The summed E-state index contributed by atoms with van der Waals surface area (Å²) in [5.74, 6) is 1.26. The van der Waals surface area contributed by atoms with E-state index in [1.54, 1.807) is 7.11 Å². The molecule has 0 amide bonds. The highest BCUT2D eigenvalue weighted by Gasteiger charge is 2.17. The highest BCUT2D eigenvalue weighted by Crippen LogP contribution is 2.24. The molecule has 0 bridgehead atoms. The normalized spacial score (nSPS) is 11.4. The second-order valence-corrected chi connectivity index (χ2v) is 5.85. The van der Waals surface area contributed by atoms with Crippen LogP contribution in [0.1, 0.15) is 52.1 Å². The molecule has 1 aromatic heterocycles. The Labute approximate surface area is 117 Å². The van der Waals surface area contributed by atoms with Crippen molar-refractivity contribution in [1.82, 2.24) is 9.97 Å². The highest BCUT2D eigenvalue weighted by atomic mass is 16.5. The van der Waals surface area contributed by atoms with Crippen LogP contribution in [0.15, 0.2) is 6.07 Å². The number of hydrogen-bond acceptors (Lipinski definition) is 4. The Hall–Kier alpha value is -1.32. The topological polar surface area (TPSA) is 47.0 Å². The third kappa shape index (κ3) is 5.90. The minimum Gasteiger partial charge on any atom is -0.481 e. The summed E-state index contributed by atoms with van der Waals surface area (Å²) in [5, 5.41) is 3.33. The second-order valence-electron chi connectivity index (χ2n) is 5.85. The van der Waals surface area contributed by atoms with Crippen molar-refractivity contribution in [3.8, 4) is 5.88 Å². The molecule has 1 rings (SSSR count). The number of rotatable bonds is 8. The number of nitrogens with zero attached hydrogens (tertiary/aromatic N) is 2. The average Bonchev–Trinajstić information content (AvgIpc) is 2.36. The molecule has 0 fully saturated rings. The van der Waals surface area contributed by atoms with Gasteiger partial charge in [-0.1, -0.05) is 40.0 Å². The lowest BCUT2D eigenvalue weighted by molar-refractivity contribution is 0.341. The van der Waals surface area contributed by atoms with E-state index in [0.29, 0.717) is 11.8 Å². The fourth-order valence-electron chi connectivity index (χ4n) is 1.98. The van der Waals surface area contributed by atoms with Crippen molar-refractivity contribution in [3.05, 3.63) is 11.8 Å². The maximum atomic E-state index is 5.16. The van der Waals surface area contributed by atoms with Crippen LogP contribution in [0, 0.1) is 12.3 Å². The first kappa shape index (κ1) is 15.7. The van der Waals surface area contributed by atoms with Crippen molar-refractivity contribution < 1.29 is 4.74 Å². The number of nitrogens with one attached hydrogen (secondary N) is 1. The van der Waals surface area contributed by atoms with Crippen LogP contribution in [0.25, 0.3) is 0 Å². The van der Waals surface area contributed by atoms with Gasteiger partial charge in [-0.3, -0.25) is 0 Å². The molecule has 0 aliphatic heterocycles. The van der Waals surface area contributed by atoms with Crippen molar-refractivity contribution in [2.45, 2.75) is 53.4 Å². The molecule has 108 valence electrons. The Morgan fingerprint density at radius 1 is 1.26 bits per heavy atom. The lowest BCUT2D eigenvalue weighted by Crippen LogP contribution is -2.24. The van der Waals surface area contributed by atoms with Gasteiger partial charge in [0.05, 0.1) is 7.11 Å². The molecule has 0 radical (unpaired) electrons. The zero-order valence-corrected chi connectivity index (χ0v) is 12.9. The smallest absolute Gasteiger partial charge is 0.226 e. The van der Waals surface area contributed by atoms with Crippen LogP contribution in [-0.2, 0) is 0 Å². The van der Waals surface area contributed by atoms with E-state index < -0.39 is 0 Å². The first-order chi connectivity index (χ1) is 8.96. The number of hydrogen-bond donors (Lipinski definition) is 1. The van der Waals surface area contributed by atoms with Gasteiger partial charge in [-0.15, -0.1) is 0 Å². The largest absolute Gasteiger partial charge is 0.481 e. The van der Waals surface area contributed by atoms with Crippen LogP contribution in [0.5, 0.6) is 5.88 Å². The molecule has 4 nitrogen and oxygen atoms in total. The van der Waals surface area contributed by atoms with Crippen molar-refractivity contribution in [2.24, 2.45) is 5.41 Å². The van der Waals surface area contributed by atoms with Gasteiger partial charge in [-0.05, 0) is 18.8 Å². The molecule has 1 heterocycles. The summed E-state index contributed by atoms with van der Waals surface area (Å²) in [6, 6.07) is 1.83. The Kier molecular flexibility index (Phi) is 6.06. The molecule has 0 spiro atoms. The molecule has 1 N–H and O–H groups in total. The van der Waals surface area contributed by atoms with Crippen LogP contribution in [0.3, 0.4) is 0 Å². The molecule has 4 heteroatoms. The van der Waals surface area contributed by atoms with Crippen LogP contribution in [0.4, 0.5) is 5.95 Å². The van der Waals surface area contributed by atoms with Crippen molar-refractivity contribution in [3.63, 3.8) is 0 Å². The molecule has 19 heavy (non-hydrogen) atoms. The molecule has 1 aromatic rings. The average molecular weight is 265 g/mol. The first-order valence-electron chi connectivity index (χ1n) is 7.10. The van der Waals surface area contributed by atoms with Crippen molar-refractivity contribution in [1.29, 1.82) is 0 Å². The molecule has 0 aliphatic rings. The van der Waals surface area contributed by atoms with Gasteiger partial charge in [0.25, 0.3) is 0 Å².